The Hall–Kier alpha value is -5.46. The highest BCUT2D eigenvalue weighted by Gasteiger charge is 2.34. The minimum absolute atomic E-state index is 0.0170. The predicted molar refractivity (Wildman–Crippen MR) is 197 cm³/mol. The average molecular weight is 700 g/mol. The molecule has 2 N–H and O–H groups in total. The van der Waals surface area contributed by atoms with Gasteiger partial charge in [-0.25, -0.2) is 0 Å². The van der Waals surface area contributed by atoms with Crippen LogP contribution in [0, 0.1) is 10.1 Å². The molecule has 0 saturated carbocycles. The number of nitrogens with one attached hydrogen (secondary N) is 1. The first-order valence-corrected chi connectivity index (χ1v) is 17.5. The predicted octanol–water partition coefficient (Wildman–Crippen LogP) is 6.45. The number of hydrogen-bond acceptors (Lipinski definition) is 9. The minimum atomic E-state index is -0.593. The Labute approximate surface area is 302 Å². The van der Waals surface area contributed by atoms with Crippen LogP contribution >= 0.6 is 0 Å². The molecule has 2 aliphatic heterocycles. The number of pyridine rings is 1. The van der Waals surface area contributed by atoms with Crippen LogP contribution in [-0.2, 0) is 22.6 Å². The standard InChI is InChI=1S/C41H41N5O6/c47-28-29-9-11-31(12-10-29)39-24-38(27-44-18-20-45(21-19-44)36-13-15-37(16-14-36)46(49)50)51-41(52-39)34-7-2-6-33(23-34)32-5-1-4-30(22-32)25-43-40(48)35-8-3-17-42-26-35/h1-17,22-23,26,38-39,41,47H,18-21,24-25,27-28H2,(H,43,48). The molecule has 4 aromatic carbocycles. The monoisotopic (exact) mass is 699 g/mol. The van der Waals surface area contributed by atoms with Gasteiger partial charge in [0, 0.05) is 81.5 Å². The highest BCUT2D eigenvalue weighted by Crippen LogP contribution is 2.39. The van der Waals surface area contributed by atoms with Gasteiger partial charge in [0.25, 0.3) is 11.6 Å². The van der Waals surface area contributed by atoms with Crippen LogP contribution < -0.4 is 10.2 Å². The number of carbonyl (C=O) groups excluding carboxylic acids is 1. The molecule has 2 aliphatic rings. The molecule has 0 aliphatic carbocycles. The zero-order chi connectivity index (χ0) is 35.9. The van der Waals surface area contributed by atoms with Crippen LogP contribution in [0.1, 0.15) is 51.4 Å². The van der Waals surface area contributed by atoms with Crippen molar-refractivity contribution in [2.24, 2.45) is 0 Å². The Morgan fingerprint density at radius 1 is 0.846 bits per heavy atom. The van der Waals surface area contributed by atoms with Crippen molar-refractivity contribution in [2.45, 2.75) is 38.1 Å². The van der Waals surface area contributed by atoms with Crippen LogP contribution in [0.5, 0.6) is 0 Å². The number of aromatic nitrogens is 1. The van der Waals surface area contributed by atoms with Crippen molar-refractivity contribution in [3.8, 4) is 11.1 Å². The van der Waals surface area contributed by atoms with Crippen molar-refractivity contribution >= 4 is 17.3 Å². The molecular formula is C41H41N5O6. The lowest BCUT2D eigenvalue weighted by Gasteiger charge is -2.41. The molecule has 11 heteroatoms. The number of nitro benzene ring substituents is 1. The van der Waals surface area contributed by atoms with E-state index in [0.29, 0.717) is 18.5 Å². The first-order chi connectivity index (χ1) is 25.4. The maximum atomic E-state index is 12.6. The molecule has 3 unspecified atom stereocenters. The lowest BCUT2D eigenvalue weighted by molar-refractivity contribution is -0.384. The third-order valence-corrected chi connectivity index (χ3v) is 9.67. The highest BCUT2D eigenvalue weighted by atomic mass is 16.7. The summed E-state index contributed by atoms with van der Waals surface area (Å²) in [4.78, 5) is 32.0. The lowest BCUT2D eigenvalue weighted by Crippen LogP contribution is -2.49. The first kappa shape index (κ1) is 35.0. The topological polar surface area (TPSA) is 130 Å². The zero-order valence-corrected chi connectivity index (χ0v) is 28.7. The Balaban J connectivity index is 1.05. The second-order valence-electron chi connectivity index (χ2n) is 13.2. The Morgan fingerprint density at radius 3 is 2.31 bits per heavy atom. The smallest absolute Gasteiger partial charge is 0.269 e. The fourth-order valence-corrected chi connectivity index (χ4v) is 6.80. The van der Waals surface area contributed by atoms with Crippen molar-refractivity contribution < 1.29 is 24.3 Å². The van der Waals surface area contributed by atoms with Crippen LogP contribution in [0.4, 0.5) is 11.4 Å². The quantitative estimate of drug-likeness (QED) is 0.118. The number of piperazine rings is 1. The Morgan fingerprint density at radius 2 is 1.60 bits per heavy atom. The van der Waals surface area contributed by atoms with Gasteiger partial charge in [0.2, 0.25) is 0 Å². The second-order valence-corrected chi connectivity index (χ2v) is 13.2. The van der Waals surface area contributed by atoms with Crippen molar-refractivity contribution in [1.82, 2.24) is 15.2 Å². The molecule has 2 saturated heterocycles. The van der Waals surface area contributed by atoms with Crippen molar-refractivity contribution in [3.63, 3.8) is 0 Å². The normalized spacial score (nSPS) is 19.2. The number of aliphatic hydroxyl groups is 1. The van der Waals surface area contributed by atoms with E-state index >= 15 is 0 Å². The summed E-state index contributed by atoms with van der Waals surface area (Å²) in [6.07, 6.45) is 2.99. The number of nitro groups is 1. The van der Waals surface area contributed by atoms with Gasteiger partial charge in [0.15, 0.2) is 6.29 Å². The number of carbonyl (C=O) groups is 1. The van der Waals surface area contributed by atoms with Gasteiger partial charge in [0.05, 0.1) is 29.3 Å². The number of aliphatic hydroxyl groups excluding tert-OH is 1. The fraction of sp³-hybridized carbons (Fsp3) is 0.268. The van der Waals surface area contributed by atoms with Crippen LogP contribution in [0.15, 0.2) is 122 Å². The average Bonchev–Trinajstić information content (AvgIpc) is 3.20. The maximum absolute atomic E-state index is 12.6. The minimum Gasteiger partial charge on any atom is -0.392 e. The van der Waals surface area contributed by atoms with E-state index in [1.54, 1.807) is 36.7 Å². The van der Waals surface area contributed by atoms with Crippen LogP contribution in [0.2, 0.25) is 0 Å². The molecule has 3 heterocycles. The summed E-state index contributed by atoms with van der Waals surface area (Å²) in [6, 6.07) is 34.5. The highest BCUT2D eigenvalue weighted by molar-refractivity contribution is 5.93. The van der Waals surface area contributed by atoms with E-state index in [2.05, 4.69) is 44.4 Å². The fourth-order valence-electron chi connectivity index (χ4n) is 6.80. The van der Waals surface area contributed by atoms with Gasteiger partial charge < -0.3 is 24.8 Å². The number of hydrogen-bond donors (Lipinski definition) is 2. The van der Waals surface area contributed by atoms with Gasteiger partial charge in [-0.15, -0.1) is 0 Å². The molecule has 3 atom stereocenters. The van der Waals surface area contributed by atoms with Crippen LogP contribution in [-0.4, -0.2) is 64.6 Å². The third kappa shape index (κ3) is 8.52. The van der Waals surface area contributed by atoms with E-state index < -0.39 is 6.29 Å². The van der Waals surface area contributed by atoms with Gasteiger partial charge in [-0.2, -0.15) is 0 Å². The van der Waals surface area contributed by atoms with E-state index in [1.165, 1.54) is 0 Å². The van der Waals surface area contributed by atoms with E-state index in [9.17, 15) is 20.0 Å². The molecule has 0 bridgehead atoms. The van der Waals surface area contributed by atoms with E-state index in [0.717, 1.165) is 71.8 Å². The van der Waals surface area contributed by atoms with E-state index in [1.807, 2.05) is 60.7 Å². The maximum Gasteiger partial charge on any atom is 0.269 e. The van der Waals surface area contributed by atoms with Crippen LogP contribution in [0.25, 0.3) is 11.1 Å². The third-order valence-electron chi connectivity index (χ3n) is 9.67. The number of non-ortho nitro benzene ring substituents is 1. The summed E-state index contributed by atoms with van der Waals surface area (Å²) in [7, 11) is 0. The molecular weight excluding hydrogens is 658 g/mol. The molecule has 1 amide bonds. The van der Waals surface area contributed by atoms with E-state index in [-0.39, 0.29) is 35.3 Å². The summed E-state index contributed by atoms with van der Waals surface area (Å²) in [5.74, 6) is -0.173. The Kier molecular flexibility index (Phi) is 10.9. The summed E-state index contributed by atoms with van der Waals surface area (Å²) in [5.41, 5.74) is 7.40. The Bertz CT molecular complexity index is 1970. The zero-order valence-electron chi connectivity index (χ0n) is 28.7. The lowest BCUT2D eigenvalue weighted by atomic mass is 9.98. The molecule has 2 fully saturated rings. The number of nitrogens with zero attached hydrogens (tertiary/aromatic N) is 4. The number of benzene rings is 4. The summed E-state index contributed by atoms with van der Waals surface area (Å²) in [5, 5.41) is 23.7. The molecule has 5 aromatic rings. The molecule has 0 spiro atoms. The van der Waals surface area contributed by atoms with E-state index in [4.69, 9.17) is 9.47 Å². The number of anilines is 1. The van der Waals surface area contributed by atoms with Gasteiger partial charge >= 0.3 is 0 Å². The summed E-state index contributed by atoms with van der Waals surface area (Å²) in [6.45, 7) is 4.41. The number of rotatable bonds is 11. The summed E-state index contributed by atoms with van der Waals surface area (Å²) >= 11 is 0. The molecule has 266 valence electrons. The number of amides is 1. The van der Waals surface area contributed by atoms with Crippen LogP contribution in [0.3, 0.4) is 0 Å². The van der Waals surface area contributed by atoms with Gasteiger partial charge in [-0.05, 0) is 64.2 Å². The van der Waals surface area contributed by atoms with Crippen molar-refractivity contribution in [3.05, 3.63) is 160 Å². The molecule has 1 aromatic heterocycles. The second kappa shape index (κ2) is 16.3. The van der Waals surface area contributed by atoms with Crippen molar-refractivity contribution in [1.29, 1.82) is 0 Å². The molecule has 11 nitrogen and oxygen atoms in total. The van der Waals surface area contributed by atoms with Gasteiger partial charge in [-0.1, -0.05) is 60.7 Å². The van der Waals surface area contributed by atoms with Gasteiger partial charge in [0.1, 0.15) is 0 Å². The first-order valence-electron chi connectivity index (χ1n) is 17.5. The molecule has 7 rings (SSSR count). The number of ether oxygens (including phenoxy) is 2. The van der Waals surface area contributed by atoms with Crippen molar-refractivity contribution in [2.75, 3.05) is 37.6 Å². The molecule has 52 heavy (non-hydrogen) atoms. The SMILES string of the molecule is O=C(NCc1cccc(-c2cccc(C3OC(CN4CCN(c5ccc([N+](=O)[O-])cc5)CC4)CC(c4ccc(CO)cc4)O3)c2)c1)c1cccnc1. The molecule has 0 radical (unpaired) electrons. The largest absolute Gasteiger partial charge is 0.392 e. The summed E-state index contributed by atoms with van der Waals surface area (Å²) < 4.78 is 13.4. The van der Waals surface area contributed by atoms with Gasteiger partial charge in [-0.3, -0.25) is 24.8 Å².